The molecule has 2 aromatic heterocycles. The van der Waals surface area contributed by atoms with E-state index in [0.717, 1.165) is 37.4 Å². The minimum Gasteiger partial charge on any atom is -0.368 e. The molecule has 0 saturated carbocycles. The predicted octanol–water partition coefficient (Wildman–Crippen LogP) is 3.30. The lowest BCUT2D eigenvalue weighted by molar-refractivity contribution is 0.243. The average molecular weight is 345 g/mol. The number of anilines is 1. The predicted molar refractivity (Wildman–Crippen MR) is 103 cm³/mol. The van der Waals surface area contributed by atoms with Crippen LogP contribution in [0.25, 0.3) is 11.3 Å². The summed E-state index contributed by atoms with van der Waals surface area (Å²) in [5.74, 6) is 0.364. The Kier molecular flexibility index (Phi) is 4.39. The molecule has 2 N–H and O–H groups in total. The zero-order chi connectivity index (χ0) is 18.1. The van der Waals surface area contributed by atoms with E-state index in [2.05, 4.69) is 59.0 Å². The molecule has 0 amide bonds. The van der Waals surface area contributed by atoms with Crippen LogP contribution in [0.3, 0.4) is 0 Å². The van der Waals surface area contributed by atoms with Gasteiger partial charge in [-0.15, -0.1) is 0 Å². The van der Waals surface area contributed by atoms with E-state index in [1.54, 1.807) is 0 Å². The lowest BCUT2D eigenvalue weighted by Crippen LogP contribution is -2.31. The van der Waals surface area contributed by atoms with Crippen LogP contribution < -0.4 is 5.73 Å². The summed E-state index contributed by atoms with van der Waals surface area (Å²) in [7, 11) is 0. The minimum absolute atomic E-state index is 0.364. The van der Waals surface area contributed by atoms with Crippen LogP contribution in [0.2, 0.25) is 0 Å². The maximum atomic E-state index is 5.68. The second-order valence-corrected chi connectivity index (χ2v) is 6.96. The van der Waals surface area contributed by atoms with Crippen LogP contribution >= 0.6 is 0 Å². The van der Waals surface area contributed by atoms with Gasteiger partial charge in [-0.2, -0.15) is 0 Å². The van der Waals surface area contributed by atoms with Crippen molar-refractivity contribution < 1.29 is 0 Å². The molecule has 0 unspecified atom stereocenters. The molecule has 0 radical (unpaired) electrons. The number of fused-ring (bicyclic) bond motifs is 1. The number of pyridine rings is 1. The van der Waals surface area contributed by atoms with Gasteiger partial charge in [0.15, 0.2) is 0 Å². The summed E-state index contributed by atoms with van der Waals surface area (Å²) in [6, 6.07) is 10.7. The fourth-order valence-electron chi connectivity index (χ4n) is 3.49. The molecule has 1 aromatic carbocycles. The number of hydrogen-bond donors (Lipinski definition) is 1. The minimum atomic E-state index is 0.364. The summed E-state index contributed by atoms with van der Waals surface area (Å²) in [6.07, 6.45) is 4.76. The lowest BCUT2D eigenvalue weighted by Gasteiger charge is -2.27. The molecular weight excluding hydrogens is 322 g/mol. The third-order valence-corrected chi connectivity index (χ3v) is 5.14. The third-order valence-electron chi connectivity index (χ3n) is 5.14. The van der Waals surface area contributed by atoms with Gasteiger partial charge in [0, 0.05) is 49.6 Å². The van der Waals surface area contributed by atoms with Crippen molar-refractivity contribution in [3.8, 4) is 11.3 Å². The largest absolute Gasteiger partial charge is 0.368 e. The zero-order valence-electron chi connectivity index (χ0n) is 15.2. The number of aryl methyl sites for hydroxylation is 1. The molecule has 0 bridgehead atoms. The van der Waals surface area contributed by atoms with E-state index in [9.17, 15) is 0 Å². The topological polar surface area (TPSA) is 67.9 Å². The van der Waals surface area contributed by atoms with Crippen LogP contribution in [0.1, 0.15) is 27.9 Å². The van der Waals surface area contributed by atoms with Gasteiger partial charge in [-0.1, -0.05) is 24.3 Å². The molecule has 0 fully saturated rings. The Morgan fingerprint density at radius 3 is 2.77 bits per heavy atom. The standard InChI is InChI=1S/C21H23N5/c1-14-4-3-5-18(15(14)2)20-7-6-16(10-23-20)12-26-9-8-19-17(13-26)11-24-21(22)25-19/h3-7,10-11H,8-9,12-13H2,1-2H3,(H2,22,24,25). The van der Waals surface area contributed by atoms with Crippen LogP contribution in [0, 0.1) is 13.8 Å². The van der Waals surface area contributed by atoms with Gasteiger partial charge in [0.25, 0.3) is 0 Å². The first kappa shape index (κ1) is 16.7. The molecule has 1 aliphatic rings. The smallest absolute Gasteiger partial charge is 0.220 e. The summed E-state index contributed by atoms with van der Waals surface area (Å²) in [6.45, 7) is 7.00. The molecular formula is C21H23N5. The first-order valence-corrected chi connectivity index (χ1v) is 8.94. The van der Waals surface area contributed by atoms with Gasteiger partial charge in [0.05, 0.1) is 11.4 Å². The van der Waals surface area contributed by atoms with Gasteiger partial charge >= 0.3 is 0 Å². The molecule has 26 heavy (non-hydrogen) atoms. The summed E-state index contributed by atoms with van der Waals surface area (Å²) in [5.41, 5.74) is 14.0. The van der Waals surface area contributed by atoms with Crippen molar-refractivity contribution in [2.24, 2.45) is 0 Å². The molecule has 0 aliphatic carbocycles. The van der Waals surface area contributed by atoms with E-state index in [1.165, 1.54) is 27.8 Å². The number of benzene rings is 1. The number of rotatable bonds is 3. The van der Waals surface area contributed by atoms with Gasteiger partial charge in [0.1, 0.15) is 0 Å². The molecule has 3 aromatic rings. The second kappa shape index (κ2) is 6.84. The summed E-state index contributed by atoms with van der Waals surface area (Å²) in [5, 5.41) is 0. The van der Waals surface area contributed by atoms with Crippen LogP contribution in [0.5, 0.6) is 0 Å². The Balaban J connectivity index is 1.48. The number of nitrogens with zero attached hydrogens (tertiary/aromatic N) is 4. The van der Waals surface area contributed by atoms with E-state index >= 15 is 0 Å². The Morgan fingerprint density at radius 2 is 1.96 bits per heavy atom. The van der Waals surface area contributed by atoms with Gasteiger partial charge in [-0.25, -0.2) is 9.97 Å². The van der Waals surface area contributed by atoms with E-state index in [-0.39, 0.29) is 0 Å². The number of nitrogens with two attached hydrogens (primary N) is 1. The van der Waals surface area contributed by atoms with E-state index in [4.69, 9.17) is 10.7 Å². The molecule has 3 heterocycles. The van der Waals surface area contributed by atoms with Gasteiger partial charge < -0.3 is 5.73 Å². The van der Waals surface area contributed by atoms with Gasteiger partial charge in [0.2, 0.25) is 5.95 Å². The third kappa shape index (κ3) is 3.30. The maximum Gasteiger partial charge on any atom is 0.220 e. The number of hydrogen-bond acceptors (Lipinski definition) is 5. The van der Waals surface area contributed by atoms with Crippen molar-refractivity contribution in [3.05, 3.63) is 70.7 Å². The van der Waals surface area contributed by atoms with Crippen molar-refractivity contribution in [2.75, 3.05) is 12.3 Å². The molecule has 5 heteroatoms. The fourth-order valence-corrected chi connectivity index (χ4v) is 3.49. The van der Waals surface area contributed by atoms with E-state index in [1.807, 2.05) is 12.4 Å². The zero-order valence-corrected chi connectivity index (χ0v) is 15.2. The quantitative estimate of drug-likeness (QED) is 0.789. The van der Waals surface area contributed by atoms with Gasteiger partial charge in [-0.3, -0.25) is 9.88 Å². The second-order valence-electron chi connectivity index (χ2n) is 6.96. The van der Waals surface area contributed by atoms with E-state index in [0.29, 0.717) is 5.95 Å². The first-order valence-electron chi connectivity index (χ1n) is 8.94. The van der Waals surface area contributed by atoms with Crippen molar-refractivity contribution >= 4 is 5.95 Å². The lowest BCUT2D eigenvalue weighted by atomic mass is 10.0. The van der Waals surface area contributed by atoms with Crippen molar-refractivity contribution in [1.82, 2.24) is 19.9 Å². The highest BCUT2D eigenvalue weighted by Crippen LogP contribution is 2.24. The molecule has 1 aliphatic heterocycles. The Bertz CT molecular complexity index is 934. The Labute approximate surface area is 153 Å². The van der Waals surface area contributed by atoms with E-state index < -0.39 is 0 Å². The molecule has 0 saturated heterocycles. The number of nitrogen functional groups attached to an aromatic ring is 1. The van der Waals surface area contributed by atoms with Crippen LogP contribution in [0.4, 0.5) is 5.95 Å². The van der Waals surface area contributed by atoms with Crippen LogP contribution in [0.15, 0.2) is 42.7 Å². The summed E-state index contributed by atoms with van der Waals surface area (Å²) >= 11 is 0. The highest BCUT2D eigenvalue weighted by molar-refractivity contribution is 5.64. The number of aromatic nitrogens is 3. The molecule has 4 rings (SSSR count). The fraction of sp³-hybridized carbons (Fsp3) is 0.286. The van der Waals surface area contributed by atoms with Crippen molar-refractivity contribution in [3.63, 3.8) is 0 Å². The van der Waals surface area contributed by atoms with Crippen LogP contribution in [-0.2, 0) is 19.5 Å². The van der Waals surface area contributed by atoms with Crippen molar-refractivity contribution in [2.45, 2.75) is 33.4 Å². The average Bonchev–Trinajstić information content (AvgIpc) is 2.65. The molecule has 132 valence electrons. The van der Waals surface area contributed by atoms with Crippen LogP contribution in [-0.4, -0.2) is 26.4 Å². The summed E-state index contributed by atoms with van der Waals surface area (Å²) in [4.78, 5) is 15.6. The van der Waals surface area contributed by atoms with Crippen molar-refractivity contribution in [1.29, 1.82) is 0 Å². The normalized spacial score (nSPS) is 14.2. The Morgan fingerprint density at radius 1 is 1.08 bits per heavy atom. The Hall–Kier alpha value is -2.79. The highest BCUT2D eigenvalue weighted by atomic mass is 15.1. The SMILES string of the molecule is Cc1cccc(-c2ccc(CN3CCc4nc(N)ncc4C3)cn2)c1C. The first-order chi connectivity index (χ1) is 12.6. The van der Waals surface area contributed by atoms with Gasteiger partial charge in [-0.05, 0) is 36.6 Å². The molecule has 0 atom stereocenters. The highest BCUT2D eigenvalue weighted by Gasteiger charge is 2.18. The maximum absolute atomic E-state index is 5.68. The summed E-state index contributed by atoms with van der Waals surface area (Å²) < 4.78 is 0. The molecule has 5 nitrogen and oxygen atoms in total. The monoisotopic (exact) mass is 345 g/mol. The molecule has 0 spiro atoms.